The fourth-order valence-corrected chi connectivity index (χ4v) is 3.21. The smallest absolute Gasteiger partial charge is 0.363 e. The van der Waals surface area contributed by atoms with Gasteiger partial charge in [-0.15, -0.1) is 0 Å². The highest BCUT2D eigenvalue weighted by Gasteiger charge is 2.27. The lowest BCUT2D eigenvalue weighted by Crippen LogP contribution is -2.08. The lowest BCUT2D eigenvalue weighted by molar-refractivity contribution is -0.385. The predicted molar refractivity (Wildman–Crippen MR) is 116 cm³/mol. The number of halogens is 1. The van der Waals surface area contributed by atoms with Gasteiger partial charge >= 0.3 is 5.97 Å². The van der Waals surface area contributed by atoms with Crippen LogP contribution in [-0.2, 0) is 16.1 Å². The molecule has 32 heavy (non-hydrogen) atoms. The average Bonchev–Trinajstić information content (AvgIpc) is 3.13. The van der Waals surface area contributed by atoms with Crippen LogP contribution in [0, 0.1) is 22.9 Å². The molecule has 4 rings (SSSR count). The maximum Gasteiger partial charge on any atom is 0.363 e. The molecule has 0 radical (unpaired) electrons. The number of rotatable bonds is 6. The minimum atomic E-state index is -0.663. The van der Waals surface area contributed by atoms with Gasteiger partial charge in [-0.25, -0.2) is 14.2 Å². The van der Waals surface area contributed by atoms with Gasteiger partial charge < -0.3 is 9.47 Å². The zero-order valence-electron chi connectivity index (χ0n) is 16.9. The van der Waals surface area contributed by atoms with Crippen LogP contribution in [0.15, 0.2) is 77.4 Å². The topological polar surface area (TPSA) is 91.0 Å². The summed E-state index contributed by atoms with van der Waals surface area (Å²) in [6.07, 6.45) is 1.53. The number of nitro benzene ring substituents is 1. The van der Waals surface area contributed by atoms with Gasteiger partial charge in [0.15, 0.2) is 5.70 Å². The number of nitro groups is 1. The highest BCUT2D eigenvalue weighted by Crippen LogP contribution is 2.26. The van der Waals surface area contributed by atoms with Crippen molar-refractivity contribution in [2.75, 3.05) is 0 Å². The molecule has 1 heterocycles. The first kappa shape index (κ1) is 20.9. The van der Waals surface area contributed by atoms with Gasteiger partial charge in [0, 0.05) is 22.8 Å². The van der Waals surface area contributed by atoms with Crippen molar-refractivity contribution in [2.24, 2.45) is 4.99 Å². The minimum absolute atomic E-state index is 0.00871. The van der Waals surface area contributed by atoms with E-state index in [2.05, 4.69) is 4.99 Å². The van der Waals surface area contributed by atoms with Gasteiger partial charge in [0.25, 0.3) is 5.69 Å². The van der Waals surface area contributed by atoms with Gasteiger partial charge in [-0.05, 0) is 42.8 Å². The van der Waals surface area contributed by atoms with Crippen LogP contribution in [0.5, 0.6) is 5.75 Å². The number of hydrogen-bond acceptors (Lipinski definition) is 6. The van der Waals surface area contributed by atoms with Crippen molar-refractivity contribution in [1.82, 2.24) is 0 Å². The molecule has 0 unspecified atom stereocenters. The molecule has 0 saturated carbocycles. The molecule has 0 atom stereocenters. The Labute approximate surface area is 182 Å². The Bertz CT molecular complexity index is 1280. The largest absolute Gasteiger partial charge is 0.489 e. The van der Waals surface area contributed by atoms with Crippen LogP contribution in [0.1, 0.15) is 22.3 Å². The second-order valence-electron chi connectivity index (χ2n) is 7.00. The number of carbonyl (C=O) groups excluding carboxylic acids is 1. The van der Waals surface area contributed by atoms with E-state index >= 15 is 0 Å². The molecular weight excluding hydrogens is 415 g/mol. The first-order chi connectivity index (χ1) is 15.4. The Morgan fingerprint density at radius 1 is 1.12 bits per heavy atom. The first-order valence-electron chi connectivity index (χ1n) is 9.65. The van der Waals surface area contributed by atoms with Crippen LogP contribution < -0.4 is 4.74 Å². The quantitative estimate of drug-likeness (QED) is 0.237. The summed E-state index contributed by atoms with van der Waals surface area (Å²) < 4.78 is 24.7. The van der Waals surface area contributed by atoms with Crippen molar-refractivity contribution in [3.63, 3.8) is 0 Å². The molecule has 0 aromatic heterocycles. The van der Waals surface area contributed by atoms with E-state index in [1.807, 2.05) is 0 Å². The molecule has 160 valence electrons. The van der Waals surface area contributed by atoms with Crippen LogP contribution in [0.2, 0.25) is 0 Å². The first-order valence-corrected chi connectivity index (χ1v) is 9.65. The van der Waals surface area contributed by atoms with Gasteiger partial charge in [0.2, 0.25) is 5.90 Å². The number of ether oxygens (including phenoxy) is 2. The van der Waals surface area contributed by atoms with Crippen molar-refractivity contribution in [1.29, 1.82) is 0 Å². The zero-order valence-corrected chi connectivity index (χ0v) is 16.9. The molecule has 0 N–H and O–H groups in total. The molecule has 0 fully saturated rings. The third-order valence-electron chi connectivity index (χ3n) is 4.87. The fraction of sp³-hybridized carbons (Fsp3) is 0.0833. The van der Waals surface area contributed by atoms with E-state index < -0.39 is 10.9 Å². The van der Waals surface area contributed by atoms with Gasteiger partial charge in [-0.2, -0.15) is 0 Å². The van der Waals surface area contributed by atoms with Crippen molar-refractivity contribution in [2.45, 2.75) is 13.5 Å². The van der Waals surface area contributed by atoms with Crippen molar-refractivity contribution >= 4 is 23.6 Å². The molecule has 1 aliphatic rings. The number of esters is 1. The summed E-state index contributed by atoms with van der Waals surface area (Å²) in [5.74, 6) is -0.511. The Hall–Kier alpha value is -4.33. The summed E-state index contributed by atoms with van der Waals surface area (Å²) in [5.41, 5.74) is 1.75. The van der Waals surface area contributed by atoms with Gasteiger partial charge in [-0.3, -0.25) is 10.1 Å². The van der Waals surface area contributed by atoms with Crippen LogP contribution in [0.25, 0.3) is 6.08 Å². The van der Waals surface area contributed by atoms with Crippen LogP contribution in [0.3, 0.4) is 0 Å². The number of carbonyl (C=O) groups is 1. The molecular formula is C24H17FN2O5. The Morgan fingerprint density at radius 2 is 1.91 bits per heavy atom. The molecule has 1 aliphatic heterocycles. The zero-order chi connectivity index (χ0) is 22.7. The van der Waals surface area contributed by atoms with Crippen LogP contribution >= 0.6 is 0 Å². The summed E-state index contributed by atoms with van der Waals surface area (Å²) >= 11 is 0. The SMILES string of the molecule is Cc1c(C2=N/C(=C\c3cccc(OCc4ccccc4F)c3)C(=O)O2)cccc1[N+](=O)[O-]. The second kappa shape index (κ2) is 8.81. The molecule has 0 amide bonds. The van der Waals surface area contributed by atoms with E-state index in [1.54, 1.807) is 55.5 Å². The Kier molecular flexibility index (Phi) is 5.76. The number of cyclic esters (lactones) is 1. The Morgan fingerprint density at radius 3 is 2.69 bits per heavy atom. The summed E-state index contributed by atoms with van der Waals surface area (Å²) in [6.45, 7) is 1.63. The van der Waals surface area contributed by atoms with Crippen LogP contribution in [-0.4, -0.2) is 16.8 Å². The Balaban J connectivity index is 1.57. The van der Waals surface area contributed by atoms with Gasteiger partial charge in [0.1, 0.15) is 18.2 Å². The van der Waals surface area contributed by atoms with E-state index in [4.69, 9.17) is 9.47 Å². The van der Waals surface area contributed by atoms with E-state index in [0.717, 1.165) is 0 Å². The summed E-state index contributed by atoms with van der Waals surface area (Å²) in [4.78, 5) is 27.2. The molecule has 8 heteroatoms. The van der Waals surface area contributed by atoms with E-state index in [0.29, 0.717) is 28.0 Å². The number of hydrogen-bond donors (Lipinski definition) is 0. The fourth-order valence-electron chi connectivity index (χ4n) is 3.21. The van der Waals surface area contributed by atoms with Crippen molar-refractivity contribution < 1.29 is 23.6 Å². The predicted octanol–water partition coefficient (Wildman–Crippen LogP) is 4.97. The maximum atomic E-state index is 13.8. The number of aliphatic imine (C=N–C) groups is 1. The third kappa shape index (κ3) is 4.39. The van der Waals surface area contributed by atoms with E-state index in [9.17, 15) is 19.3 Å². The number of nitrogens with zero attached hydrogens (tertiary/aromatic N) is 2. The van der Waals surface area contributed by atoms with Crippen molar-refractivity contribution in [3.8, 4) is 5.75 Å². The van der Waals surface area contributed by atoms with Gasteiger partial charge in [0.05, 0.1) is 4.92 Å². The lowest BCUT2D eigenvalue weighted by Gasteiger charge is -2.07. The van der Waals surface area contributed by atoms with Crippen molar-refractivity contribution in [3.05, 3.63) is 111 Å². The highest BCUT2D eigenvalue weighted by atomic mass is 19.1. The molecule has 0 spiro atoms. The molecule has 0 aliphatic carbocycles. The summed E-state index contributed by atoms with van der Waals surface area (Å²) in [5, 5.41) is 11.2. The number of benzene rings is 3. The molecule has 0 bridgehead atoms. The minimum Gasteiger partial charge on any atom is -0.489 e. The highest BCUT2D eigenvalue weighted by molar-refractivity contribution is 6.13. The summed E-state index contributed by atoms with van der Waals surface area (Å²) in [6, 6.07) is 17.7. The second-order valence-corrected chi connectivity index (χ2v) is 7.00. The summed E-state index contributed by atoms with van der Waals surface area (Å²) in [7, 11) is 0. The average molecular weight is 432 g/mol. The third-order valence-corrected chi connectivity index (χ3v) is 4.87. The monoisotopic (exact) mass is 432 g/mol. The van der Waals surface area contributed by atoms with E-state index in [-0.39, 0.29) is 29.7 Å². The molecule has 3 aromatic rings. The van der Waals surface area contributed by atoms with Gasteiger partial charge in [-0.1, -0.05) is 36.4 Å². The molecule has 7 nitrogen and oxygen atoms in total. The lowest BCUT2D eigenvalue weighted by atomic mass is 10.1. The normalized spacial score (nSPS) is 14.2. The molecule has 0 saturated heterocycles. The maximum absolute atomic E-state index is 13.8. The standard InChI is InChI=1S/C24H17FN2O5/c1-15-19(9-5-11-22(15)27(29)30)23-26-21(24(28)32-23)13-16-6-4-8-18(12-16)31-14-17-7-2-3-10-20(17)25/h2-13H,14H2,1H3/b21-13-. The van der Waals surface area contributed by atoms with Crippen LogP contribution in [0.4, 0.5) is 10.1 Å². The molecule has 3 aromatic carbocycles. The van der Waals surface area contributed by atoms with E-state index in [1.165, 1.54) is 24.3 Å².